The van der Waals surface area contributed by atoms with Gasteiger partial charge in [-0.3, -0.25) is 4.79 Å². The maximum absolute atomic E-state index is 11.8. The summed E-state index contributed by atoms with van der Waals surface area (Å²) in [5.74, 6) is -0.606. The Morgan fingerprint density at radius 2 is 1.67 bits per heavy atom. The van der Waals surface area contributed by atoms with Gasteiger partial charge in [-0.2, -0.15) is 0 Å². The van der Waals surface area contributed by atoms with Crippen LogP contribution in [0.25, 0.3) is 0 Å². The first-order valence-electron chi connectivity index (χ1n) is 7.04. The molecule has 2 aromatic rings. The number of ether oxygens (including phenoxy) is 2. The summed E-state index contributed by atoms with van der Waals surface area (Å²) in [6.45, 7) is 1.12. The number of amides is 1. The SMILES string of the molecule is Cc1cc(Cl)ccc1NC(=O)COC(=O)COc1ccc(Cl)cc1. The first kappa shape index (κ1) is 18.1. The molecule has 0 saturated heterocycles. The molecule has 1 amide bonds. The summed E-state index contributed by atoms with van der Waals surface area (Å²) >= 11 is 11.6. The molecule has 0 atom stereocenters. The molecule has 2 aromatic carbocycles. The van der Waals surface area contributed by atoms with Gasteiger partial charge in [-0.25, -0.2) is 4.79 Å². The van der Waals surface area contributed by atoms with Crippen molar-refractivity contribution in [2.45, 2.75) is 6.92 Å². The van der Waals surface area contributed by atoms with Gasteiger partial charge in [-0.05, 0) is 55.0 Å². The molecule has 126 valence electrons. The van der Waals surface area contributed by atoms with Crippen LogP contribution in [0.3, 0.4) is 0 Å². The molecule has 0 heterocycles. The third kappa shape index (κ3) is 5.76. The van der Waals surface area contributed by atoms with Crippen LogP contribution >= 0.6 is 23.2 Å². The minimum absolute atomic E-state index is 0.297. The first-order valence-corrected chi connectivity index (χ1v) is 7.79. The Balaban J connectivity index is 1.74. The van der Waals surface area contributed by atoms with Crippen LogP contribution in [0.2, 0.25) is 10.0 Å². The van der Waals surface area contributed by atoms with Crippen LogP contribution in [0.5, 0.6) is 5.75 Å². The summed E-state index contributed by atoms with van der Waals surface area (Å²) in [5, 5.41) is 3.79. The second-order valence-electron chi connectivity index (χ2n) is 4.91. The number of esters is 1. The van der Waals surface area contributed by atoms with Gasteiger partial charge < -0.3 is 14.8 Å². The van der Waals surface area contributed by atoms with Crippen LogP contribution < -0.4 is 10.1 Å². The fourth-order valence-electron chi connectivity index (χ4n) is 1.81. The molecule has 0 fully saturated rings. The predicted octanol–water partition coefficient (Wildman–Crippen LogP) is 3.86. The number of benzene rings is 2. The zero-order valence-corrected chi connectivity index (χ0v) is 14.4. The van der Waals surface area contributed by atoms with Crippen LogP contribution in [0.1, 0.15) is 5.56 Å². The van der Waals surface area contributed by atoms with Gasteiger partial charge >= 0.3 is 5.97 Å². The van der Waals surface area contributed by atoms with Crippen molar-refractivity contribution < 1.29 is 19.1 Å². The van der Waals surface area contributed by atoms with Crippen molar-refractivity contribution in [2.75, 3.05) is 18.5 Å². The van der Waals surface area contributed by atoms with E-state index in [1.165, 1.54) is 0 Å². The zero-order valence-electron chi connectivity index (χ0n) is 12.8. The topological polar surface area (TPSA) is 64.6 Å². The van der Waals surface area contributed by atoms with Gasteiger partial charge in [0.05, 0.1) is 0 Å². The lowest BCUT2D eigenvalue weighted by Gasteiger charge is -2.10. The number of carbonyl (C=O) groups is 2. The van der Waals surface area contributed by atoms with E-state index in [4.69, 9.17) is 32.7 Å². The normalized spacial score (nSPS) is 10.1. The average molecular weight is 368 g/mol. The molecule has 1 N–H and O–H groups in total. The number of nitrogens with one attached hydrogen (secondary N) is 1. The van der Waals surface area contributed by atoms with Crippen LogP contribution in [0.15, 0.2) is 42.5 Å². The largest absolute Gasteiger partial charge is 0.482 e. The van der Waals surface area contributed by atoms with Gasteiger partial charge in [0.15, 0.2) is 13.2 Å². The van der Waals surface area contributed by atoms with E-state index < -0.39 is 18.5 Å². The lowest BCUT2D eigenvalue weighted by Crippen LogP contribution is -2.23. The Morgan fingerprint density at radius 3 is 2.33 bits per heavy atom. The first-order chi connectivity index (χ1) is 11.4. The molecule has 0 bridgehead atoms. The van der Waals surface area contributed by atoms with Crippen molar-refractivity contribution in [2.24, 2.45) is 0 Å². The summed E-state index contributed by atoms with van der Waals surface area (Å²) in [7, 11) is 0. The van der Waals surface area contributed by atoms with E-state index >= 15 is 0 Å². The molecule has 0 aliphatic heterocycles. The second kappa shape index (κ2) is 8.57. The Labute approximate surface area is 149 Å². The third-order valence-electron chi connectivity index (χ3n) is 3.00. The smallest absolute Gasteiger partial charge is 0.344 e. The van der Waals surface area contributed by atoms with Gasteiger partial charge in [-0.1, -0.05) is 23.2 Å². The maximum atomic E-state index is 11.8. The van der Waals surface area contributed by atoms with Crippen molar-refractivity contribution in [1.82, 2.24) is 0 Å². The molecular weight excluding hydrogens is 353 g/mol. The molecule has 24 heavy (non-hydrogen) atoms. The highest BCUT2D eigenvalue weighted by molar-refractivity contribution is 6.31. The number of halogens is 2. The summed E-state index contributed by atoms with van der Waals surface area (Å²) < 4.78 is 10.1. The highest BCUT2D eigenvalue weighted by Gasteiger charge is 2.10. The van der Waals surface area contributed by atoms with Gasteiger partial charge in [0.25, 0.3) is 5.91 Å². The third-order valence-corrected chi connectivity index (χ3v) is 3.48. The average Bonchev–Trinajstić information content (AvgIpc) is 2.55. The Bertz CT molecular complexity index is 732. The standard InChI is InChI=1S/C17H15Cl2NO4/c1-11-8-13(19)4-7-15(11)20-16(21)9-24-17(22)10-23-14-5-2-12(18)3-6-14/h2-8H,9-10H2,1H3,(H,20,21). The Morgan fingerprint density at radius 1 is 1.00 bits per heavy atom. The molecule has 0 radical (unpaired) electrons. The van der Waals surface area contributed by atoms with Gasteiger partial charge in [0.1, 0.15) is 5.75 Å². The Hall–Kier alpha value is -2.24. The lowest BCUT2D eigenvalue weighted by atomic mass is 10.2. The summed E-state index contributed by atoms with van der Waals surface area (Å²) in [5.41, 5.74) is 1.42. The highest BCUT2D eigenvalue weighted by Crippen LogP contribution is 2.19. The van der Waals surface area contributed by atoms with E-state index in [-0.39, 0.29) is 6.61 Å². The van der Waals surface area contributed by atoms with Gasteiger partial charge in [0.2, 0.25) is 0 Å². The van der Waals surface area contributed by atoms with Gasteiger partial charge in [0, 0.05) is 15.7 Å². The number of rotatable bonds is 6. The molecule has 7 heteroatoms. The van der Waals surface area contributed by atoms with Crippen molar-refractivity contribution in [1.29, 1.82) is 0 Å². The highest BCUT2D eigenvalue weighted by atomic mass is 35.5. The van der Waals surface area contributed by atoms with Crippen LogP contribution in [0, 0.1) is 6.92 Å². The Kier molecular flexibility index (Phi) is 6.46. The van der Waals surface area contributed by atoms with E-state index in [2.05, 4.69) is 5.32 Å². The fourth-order valence-corrected chi connectivity index (χ4v) is 2.17. The minimum atomic E-state index is -0.645. The second-order valence-corrected chi connectivity index (χ2v) is 5.78. The minimum Gasteiger partial charge on any atom is -0.482 e. The number of anilines is 1. The molecule has 0 saturated carbocycles. The van der Waals surface area contributed by atoms with Crippen molar-refractivity contribution in [3.8, 4) is 5.75 Å². The van der Waals surface area contributed by atoms with E-state index in [1.54, 1.807) is 42.5 Å². The molecule has 0 aliphatic rings. The lowest BCUT2D eigenvalue weighted by molar-refractivity contribution is -0.149. The van der Waals surface area contributed by atoms with Crippen LogP contribution in [-0.4, -0.2) is 25.1 Å². The van der Waals surface area contributed by atoms with E-state index in [9.17, 15) is 9.59 Å². The predicted molar refractivity (Wildman–Crippen MR) is 92.7 cm³/mol. The molecule has 0 aliphatic carbocycles. The number of carbonyl (C=O) groups excluding carboxylic acids is 2. The van der Waals surface area contributed by atoms with Crippen LogP contribution in [-0.2, 0) is 14.3 Å². The maximum Gasteiger partial charge on any atom is 0.344 e. The van der Waals surface area contributed by atoms with Crippen molar-refractivity contribution in [3.05, 3.63) is 58.1 Å². The van der Waals surface area contributed by atoms with Crippen molar-refractivity contribution in [3.63, 3.8) is 0 Å². The molecule has 0 aromatic heterocycles. The van der Waals surface area contributed by atoms with E-state index in [0.29, 0.717) is 21.5 Å². The number of hydrogen-bond donors (Lipinski definition) is 1. The number of aryl methyl sites for hydroxylation is 1. The summed E-state index contributed by atoms with van der Waals surface area (Å²) in [4.78, 5) is 23.4. The molecule has 2 rings (SSSR count). The molecular formula is C17H15Cl2NO4. The molecule has 5 nitrogen and oxygen atoms in total. The van der Waals surface area contributed by atoms with E-state index in [1.807, 2.05) is 6.92 Å². The van der Waals surface area contributed by atoms with Crippen molar-refractivity contribution >= 4 is 40.8 Å². The molecule has 0 unspecified atom stereocenters. The monoisotopic (exact) mass is 367 g/mol. The fraction of sp³-hybridized carbons (Fsp3) is 0.176. The quantitative estimate of drug-likeness (QED) is 0.787. The van der Waals surface area contributed by atoms with Crippen LogP contribution in [0.4, 0.5) is 5.69 Å². The van der Waals surface area contributed by atoms with E-state index in [0.717, 1.165) is 5.56 Å². The van der Waals surface area contributed by atoms with Gasteiger partial charge in [-0.15, -0.1) is 0 Å². The zero-order chi connectivity index (χ0) is 17.5. The summed E-state index contributed by atoms with van der Waals surface area (Å²) in [6, 6.07) is 11.6. The summed E-state index contributed by atoms with van der Waals surface area (Å²) in [6.07, 6.45) is 0. The number of hydrogen-bond acceptors (Lipinski definition) is 4. The molecule has 0 spiro atoms.